The molecule has 4 heterocycles. The molecule has 3 aromatic heterocycles. The van der Waals surface area contributed by atoms with Crippen molar-refractivity contribution in [1.82, 2.24) is 9.38 Å². The van der Waals surface area contributed by atoms with Crippen LogP contribution in [0.4, 0.5) is 0 Å². The number of benzene rings is 4. The van der Waals surface area contributed by atoms with E-state index in [-0.39, 0.29) is 36.7 Å². The number of hydrogen-bond acceptors (Lipinski definition) is 3. The number of hydrogen-bond donors (Lipinski definition) is 1. The summed E-state index contributed by atoms with van der Waals surface area (Å²) < 4.78 is 2.54. The summed E-state index contributed by atoms with van der Waals surface area (Å²) in [7, 11) is -1.99. The summed E-state index contributed by atoms with van der Waals surface area (Å²) in [6.45, 7) is 13.0. The number of pyridine rings is 2. The summed E-state index contributed by atoms with van der Waals surface area (Å²) in [5.74, 6) is -0.0625. The maximum Gasteiger partial charge on any atom is 0.155 e. The molecule has 7 aromatic rings. The Labute approximate surface area is 265 Å². The zero-order valence-corrected chi connectivity index (χ0v) is 28.6. The number of ketones is 1. The molecule has 0 unspecified atom stereocenters. The van der Waals surface area contributed by atoms with Gasteiger partial charge >= 0.3 is 0 Å². The molecule has 0 atom stereocenters. The summed E-state index contributed by atoms with van der Waals surface area (Å²) in [5.41, 5.74) is 6.39. The first-order chi connectivity index (χ1) is 20.0. The second-order valence-electron chi connectivity index (χ2n) is 12.6. The van der Waals surface area contributed by atoms with E-state index in [2.05, 4.69) is 110 Å². The van der Waals surface area contributed by atoms with Crippen LogP contribution in [0.15, 0.2) is 90.8 Å². The van der Waals surface area contributed by atoms with Crippen molar-refractivity contribution in [3.05, 3.63) is 102 Å². The predicted molar refractivity (Wildman–Crippen MR) is 179 cm³/mol. The fraction of sp³-hybridized carbons (Fsp3) is 0.189. The Hall–Kier alpha value is -3.83. The zero-order valence-electron chi connectivity index (χ0n) is 25.2. The van der Waals surface area contributed by atoms with Gasteiger partial charge < -0.3 is 9.51 Å². The van der Waals surface area contributed by atoms with E-state index in [9.17, 15) is 4.79 Å². The van der Waals surface area contributed by atoms with Crippen molar-refractivity contribution in [2.45, 2.75) is 45.8 Å². The van der Waals surface area contributed by atoms with E-state index < -0.39 is 8.07 Å². The number of allylic oxidation sites excluding steroid dienone is 2. The van der Waals surface area contributed by atoms with Crippen LogP contribution in [-0.2, 0) is 29.9 Å². The van der Waals surface area contributed by atoms with Crippen molar-refractivity contribution in [2.24, 2.45) is 0 Å². The van der Waals surface area contributed by atoms with Crippen LogP contribution in [0.25, 0.3) is 59.8 Å². The monoisotopic (exact) mass is 758 g/mol. The molecule has 1 aliphatic heterocycles. The second-order valence-corrected chi connectivity index (χ2v) is 17.6. The van der Waals surface area contributed by atoms with Gasteiger partial charge in [0.15, 0.2) is 5.78 Å². The van der Waals surface area contributed by atoms with Gasteiger partial charge in [0.25, 0.3) is 0 Å². The van der Waals surface area contributed by atoms with Crippen LogP contribution in [0.3, 0.4) is 0 Å². The Bertz CT molecular complexity index is 2310. The number of fused-ring (bicyclic) bond motifs is 10. The molecule has 0 amide bonds. The maximum absolute atomic E-state index is 10.0. The van der Waals surface area contributed by atoms with Gasteiger partial charge in [-0.15, -0.1) is 22.7 Å². The average Bonchev–Trinajstić information content (AvgIpc) is 3.31. The Morgan fingerprint density at radius 1 is 0.907 bits per heavy atom. The first-order valence-electron chi connectivity index (χ1n) is 14.4. The number of nitrogens with zero attached hydrogens (tertiary/aromatic N) is 2. The van der Waals surface area contributed by atoms with E-state index in [1.807, 2.05) is 6.20 Å². The summed E-state index contributed by atoms with van der Waals surface area (Å²) in [5, 5.41) is 18.9. The standard InChI is InChI=1S/C32H25N2Si.C5H8O2.Ir/c1-32(2)27-23-15-9-10-16-25(23)34-29-21-13-7-6-12-20(21)18-33-28(29)24-17-19-11-5-8-14-22(19)31(35(32,3)4)26(24)30(27)34;1-4(6)3-5(2)7;/h5-16,18H,1-4H3;3,6H,1-2H3;/q-1;;/b;4-3-;. The third-order valence-electron chi connectivity index (χ3n) is 9.53. The molecule has 43 heavy (non-hydrogen) atoms. The van der Waals surface area contributed by atoms with Crippen molar-refractivity contribution in [3.63, 3.8) is 0 Å². The molecule has 0 saturated heterocycles. The van der Waals surface area contributed by atoms with Crippen LogP contribution in [0, 0.1) is 6.07 Å². The minimum absolute atomic E-state index is 0. The van der Waals surface area contributed by atoms with E-state index in [1.54, 1.807) is 5.19 Å². The summed E-state index contributed by atoms with van der Waals surface area (Å²) >= 11 is 0. The molecule has 0 aliphatic carbocycles. The molecule has 0 spiro atoms. The van der Waals surface area contributed by atoms with Crippen LogP contribution >= 0.6 is 0 Å². The number of aliphatic hydroxyl groups excluding tert-OH is 1. The van der Waals surface area contributed by atoms with Crippen LogP contribution in [0.5, 0.6) is 0 Å². The Kier molecular flexibility index (Phi) is 6.89. The fourth-order valence-corrected chi connectivity index (χ4v) is 10.4. The van der Waals surface area contributed by atoms with E-state index in [0.29, 0.717) is 0 Å². The smallest absolute Gasteiger partial charge is 0.155 e. The molecule has 1 N–H and O–H groups in total. The molecule has 0 bridgehead atoms. The number of rotatable bonds is 1. The van der Waals surface area contributed by atoms with E-state index in [0.717, 1.165) is 5.52 Å². The quantitative estimate of drug-likeness (QED) is 0.0456. The van der Waals surface area contributed by atoms with Gasteiger partial charge in [-0.1, -0.05) is 104 Å². The first kappa shape index (κ1) is 29.2. The van der Waals surface area contributed by atoms with Gasteiger partial charge in [0.1, 0.15) is 0 Å². The average molecular weight is 758 g/mol. The van der Waals surface area contributed by atoms with Gasteiger partial charge in [-0.2, -0.15) is 0 Å². The number of aromatic nitrogens is 2. The third kappa shape index (κ3) is 4.04. The van der Waals surface area contributed by atoms with Gasteiger partial charge in [-0.05, 0) is 30.5 Å². The van der Waals surface area contributed by atoms with E-state index in [1.165, 1.54) is 79.7 Å². The number of aliphatic hydroxyl groups is 1. The van der Waals surface area contributed by atoms with Crippen LogP contribution in [-0.4, -0.2) is 28.3 Å². The maximum atomic E-state index is 10.0. The normalized spacial score (nSPS) is 15.3. The third-order valence-corrected chi connectivity index (χ3v) is 14.7. The van der Waals surface area contributed by atoms with Crippen molar-refractivity contribution < 1.29 is 30.0 Å². The molecule has 1 aliphatic rings. The summed E-state index contributed by atoms with van der Waals surface area (Å²) in [6.07, 6.45) is 3.20. The molecule has 0 saturated carbocycles. The Morgan fingerprint density at radius 2 is 1.53 bits per heavy atom. The van der Waals surface area contributed by atoms with Gasteiger partial charge in [0.2, 0.25) is 0 Å². The SMILES string of the molecule is CC(=O)/C=C(/C)O.CC1(C)c2c3ccccc3n3c2c2c(c4ccccc4[c-]c2c2ncc4ccccc4c23)[Si]1(C)C.[Ir]. The largest absolute Gasteiger partial charge is 0.512 e. The predicted octanol–water partition coefficient (Wildman–Crippen LogP) is 8.68. The van der Waals surface area contributed by atoms with E-state index >= 15 is 0 Å². The molecular formula is C37H33IrN2O2Si-. The van der Waals surface area contributed by atoms with Crippen molar-refractivity contribution in [1.29, 1.82) is 0 Å². The molecular weight excluding hydrogens is 725 g/mol. The van der Waals surface area contributed by atoms with Crippen molar-refractivity contribution in [3.8, 4) is 0 Å². The molecule has 6 heteroatoms. The minimum Gasteiger partial charge on any atom is -0.512 e. The second kappa shape index (κ2) is 10.1. The molecule has 1 radical (unpaired) electrons. The molecule has 8 rings (SSSR count). The number of para-hydroxylation sites is 1. The first-order valence-corrected chi connectivity index (χ1v) is 17.4. The van der Waals surface area contributed by atoms with Gasteiger partial charge in [-0.25, -0.2) is 0 Å². The molecule has 0 fully saturated rings. The van der Waals surface area contributed by atoms with Crippen LogP contribution < -0.4 is 5.19 Å². The fourth-order valence-electron chi connectivity index (χ4n) is 7.15. The number of carbonyl (C=O) groups excluding carboxylic acids is 1. The van der Waals surface area contributed by atoms with Gasteiger partial charge in [-0.3, -0.25) is 9.78 Å². The number of carbonyl (C=O) groups is 1. The van der Waals surface area contributed by atoms with Crippen molar-refractivity contribution in [2.75, 3.05) is 0 Å². The van der Waals surface area contributed by atoms with Gasteiger partial charge in [0.05, 0.1) is 19.3 Å². The molecule has 4 aromatic carbocycles. The molecule has 217 valence electrons. The summed E-state index contributed by atoms with van der Waals surface area (Å²) in [4.78, 5) is 15.1. The van der Waals surface area contributed by atoms with Crippen LogP contribution in [0.2, 0.25) is 13.1 Å². The zero-order chi connectivity index (χ0) is 29.6. The minimum atomic E-state index is -1.99. The van der Waals surface area contributed by atoms with Gasteiger partial charge in [0, 0.05) is 65.1 Å². The Morgan fingerprint density at radius 3 is 2.21 bits per heavy atom. The Balaban J connectivity index is 0.000000371. The van der Waals surface area contributed by atoms with E-state index in [4.69, 9.17) is 10.1 Å². The summed E-state index contributed by atoms with van der Waals surface area (Å²) in [6, 6.07) is 30.4. The van der Waals surface area contributed by atoms with Crippen molar-refractivity contribution >= 4 is 78.8 Å². The molecule has 4 nitrogen and oxygen atoms in total. The topological polar surface area (TPSA) is 54.6 Å². The van der Waals surface area contributed by atoms with Crippen LogP contribution in [0.1, 0.15) is 33.3 Å².